The third-order valence-corrected chi connectivity index (χ3v) is 18.1. The zero-order valence-electron chi connectivity index (χ0n) is 32.1. The van der Waals surface area contributed by atoms with Gasteiger partial charge in [-0.25, -0.2) is 4.98 Å². The number of rotatable bonds is 13. The Morgan fingerprint density at radius 3 is 2.19 bits per heavy atom. The summed E-state index contributed by atoms with van der Waals surface area (Å²) in [6.07, 6.45) is 3.04. The number of ether oxygens (including phenoxy) is 4. The molecule has 11 nitrogen and oxygen atoms in total. The van der Waals surface area contributed by atoms with Gasteiger partial charge in [-0.05, 0) is 67.4 Å². The molecule has 3 fully saturated rings. The van der Waals surface area contributed by atoms with Crippen molar-refractivity contribution in [1.82, 2.24) is 14.5 Å². The van der Waals surface area contributed by atoms with Gasteiger partial charge < -0.3 is 23.4 Å². The summed E-state index contributed by atoms with van der Waals surface area (Å²) in [4.78, 5) is 9.93. The van der Waals surface area contributed by atoms with Crippen molar-refractivity contribution < 1.29 is 36.0 Å². The second-order valence-electron chi connectivity index (χ2n) is 17.4. The molecule has 288 valence electrons. The van der Waals surface area contributed by atoms with E-state index < -0.39 is 26.5 Å². The van der Waals surface area contributed by atoms with Gasteiger partial charge >= 0.3 is 6.01 Å². The monoisotopic (exact) mass is 793 g/mol. The maximum absolute atomic E-state index is 11.6. The van der Waals surface area contributed by atoms with E-state index in [1.807, 2.05) is 22.8 Å². The molecular weight excluding hydrogens is 738 g/mol. The Balaban J connectivity index is 1.21. The van der Waals surface area contributed by atoms with Crippen LogP contribution in [-0.4, -0.2) is 95.9 Å². The summed E-state index contributed by atoms with van der Waals surface area (Å²) in [6, 6.07) is 11.6. The fourth-order valence-corrected chi connectivity index (χ4v) is 9.93. The number of hydrogen-bond donors (Lipinski definition) is 0. The molecular formula is C37H56ClN3O8SSi2. The van der Waals surface area contributed by atoms with E-state index in [0.717, 1.165) is 30.7 Å². The highest BCUT2D eigenvalue weighted by Gasteiger charge is 2.52. The van der Waals surface area contributed by atoms with Gasteiger partial charge in [-0.15, -0.1) is 0 Å². The molecule has 2 aromatic heterocycles. The van der Waals surface area contributed by atoms with Crippen LogP contribution in [0.5, 0.6) is 6.01 Å². The van der Waals surface area contributed by atoms with Crippen molar-refractivity contribution in [3.8, 4) is 17.3 Å². The van der Waals surface area contributed by atoms with Crippen LogP contribution in [0.15, 0.2) is 30.3 Å². The van der Waals surface area contributed by atoms with Crippen LogP contribution < -0.4 is 4.74 Å². The smallest absolute Gasteiger partial charge is 0.301 e. The fourth-order valence-electron chi connectivity index (χ4n) is 6.92. The van der Waals surface area contributed by atoms with Gasteiger partial charge in [0.15, 0.2) is 20.1 Å². The lowest BCUT2D eigenvalue weighted by Gasteiger charge is -2.39. The Hall–Kier alpha value is -1.89. The van der Waals surface area contributed by atoms with Crippen LogP contribution in [0, 0.1) is 0 Å². The van der Waals surface area contributed by atoms with Gasteiger partial charge in [-0.2, -0.15) is 13.4 Å². The van der Waals surface area contributed by atoms with Gasteiger partial charge in [0.25, 0.3) is 10.1 Å². The maximum Gasteiger partial charge on any atom is 0.301 e. The van der Waals surface area contributed by atoms with E-state index >= 15 is 0 Å². The lowest BCUT2D eigenvalue weighted by atomic mass is 9.82. The molecule has 2 saturated heterocycles. The first-order valence-corrected chi connectivity index (χ1v) is 27.3. The second kappa shape index (κ2) is 15.3. The minimum atomic E-state index is -3.45. The third-order valence-electron chi connectivity index (χ3n) is 11.0. The number of benzene rings is 1. The van der Waals surface area contributed by atoms with Crippen LogP contribution in [0.3, 0.4) is 0 Å². The first-order valence-electron chi connectivity index (χ1n) is 18.5. The normalized spacial score (nSPS) is 25.9. The molecule has 4 atom stereocenters. The van der Waals surface area contributed by atoms with E-state index in [2.05, 4.69) is 65.6 Å². The average molecular weight is 795 g/mol. The van der Waals surface area contributed by atoms with Crippen LogP contribution >= 0.6 is 11.6 Å². The molecule has 2 aliphatic heterocycles. The number of halogens is 1. The Kier molecular flexibility index (Phi) is 11.7. The zero-order valence-corrected chi connectivity index (χ0v) is 35.7. The first kappa shape index (κ1) is 39.8. The van der Waals surface area contributed by atoms with Crippen molar-refractivity contribution in [2.24, 2.45) is 0 Å². The van der Waals surface area contributed by atoms with Crippen molar-refractivity contribution >= 4 is 49.3 Å². The Bertz CT molecular complexity index is 1820. The molecule has 1 aliphatic carbocycles. The summed E-state index contributed by atoms with van der Waals surface area (Å²) in [5.74, 6) is 0.339. The Morgan fingerprint density at radius 2 is 1.58 bits per heavy atom. The summed E-state index contributed by atoms with van der Waals surface area (Å²) in [5.41, 5.74) is 3.98. The number of fused-ring (bicyclic) bond motifs is 2. The van der Waals surface area contributed by atoms with E-state index in [1.54, 1.807) is 0 Å². The maximum atomic E-state index is 11.6. The van der Waals surface area contributed by atoms with Gasteiger partial charge in [0, 0.05) is 20.2 Å². The minimum Gasteiger partial charge on any atom is -0.456 e. The molecule has 6 rings (SSSR count). The van der Waals surface area contributed by atoms with Gasteiger partial charge in [-0.1, -0.05) is 76.3 Å². The van der Waals surface area contributed by atoms with Gasteiger partial charge in [0.1, 0.15) is 24.5 Å². The van der Waals surface area contributed by atoms with E-state index in [-0.39, 0.29) is 42.3 Å². The predicted molar refractivity (Wildman–Crippen MR) is 209 cm³/mol. The molecule has 0 N–H and O–H groups in total. The molecule has 3 aliphatic rings. The van der Waals surface area contributed by atoms with Gasteiger partial charge in [0.2, 0.25) is 0 Å². The Labute approximate surface area is 316 Å². The van der Waals surface area contributed by atoms with Crippen LogP contribution in [0.2, 0.25) is 48.8 Å². The quantitative estimate of drug-likeness (QED) is 0.0957. The molecule has 15 heteroatoms. The molecule has 1 aromatic carbocycles. The summed E-state index contributed by atoms with van der Waals surface area (Å²) in [6.45, 7) is 19.9. The second-order valence-corrected chi connectivity index (χ2v) is 29.8. The Morgan fingerprint density at radius 1 is 0.942 bits per heavy atom. The van der Waals surface area contributed by atoms with E-state index in [4.69, 9.17) is 49.1 Å². The number of aromatic nitrogens is 3. The van der Waals surface area contributed by atoms with Crippen molar-refractivity contribution in [3.63, 3.8) is 0 Å². The van der Waals surface area contributed by atoms with Gasteiger partial charge in [-0.3, -0.25) is 8.75 Å². The molecule has 1 saturated carbocycles. The fraction of sp³-hybridized carbons (Fsp3) is 0.676. The highest BCUT2D eigenvalue weighted by molar-refractivity contribution is 7.86. The summed E-state index contributed by atoms with van der Waals surface area (Å²) in [5, 5.41) is 0.566. The van der Waals surface area contributed by atoms with Crippen molar-refractivity contribution in [3.05, 3.63) is 40.9 Å². The molecule has 3 aromatic rings. The molecule has 0 amide bonds. The van der Waals surface area contributed by atoms with E-state index in [0.29, 0.717) is 66.5 Å². The van der Waals surface area contributed by atoms with Crippen molar-refractivity contribution in [1.29, 1.82) is 0 Å². The van der Waals surface area contributed by atoms with Crippen LogP contribution in [0.25, 0.3) is 22.4 Å². The first-order chi connectivity index (χ1) is 24.3. The highest BCUT2D eigenvalue weighted by atomic mass is 35.5. The molecule has 4 unspecified atom stereocenters. The minimum absolute atomic E-state index is 0.0768. The number of nitrogens with zero attached hydrogens (tertiary/aromatic N) is 3. The van der Waals surface area contributed by atoms with Crippen molar-refractivity contribution in [2.45, 2.75) is 133 Å². The van der Waals surface area contributed by atoms with Crippen LogP contribution in [0.4, 0.5) is 0 Å². The van der Waals surface area contributed by atoms with Crippen LogP contribution in [0.1, 0.15) is 57.9 Å². The molecule has 0 spiro atoms. The predicted octanol–water partition coefficient (Wildman–Crippen LogP) is 8.00. The number of pyridine rings is 1. The third kappa shape index (κ3) is 9.31. The summed E-state index contributed by atoms with van der Waals surface area (Å²) in [7, 11) is -6.78. The highest BCUT2D eigenvalue weighted by Crippen LogP contribution is 2.41. The molecule has 52 heavy (non-hydrogen) atoms. The lowest BCUT2D eigenvalue weighted by molar-refractivity contribution is 0.00687. The SMILES string of the molecule is CC(C)(C)[Si](C)(C)OC1COC2C(Oc3nc4cc(Cl)c(-c5ccc(C6CCC(OS(C)(=O)=O)CC6)cc5)nc4n3COCC[Si](C)(C)C)COC12. The molecule has 0 bridgehead atoms. The summed E-state index contributed by atoms with van der Waals surface area (Å²) >= 11 is 6.88. The van der Waals surface area contributed by atoms with E-state index in [1.165, 1.54) is 5.56 Å². The number of imidazole rings is 1. The van der Waals surface area contributed by atoms with Gasteiger partial charge in [0.05, 0.1) is 42.4 Å². The van der Waals surface area contributed by atoms with Crippen molar-refractivity contribution in [2.75, 3.05) is 26.1 Å². The largest absolute Gasteiger partial charge is 0.456 e. The lowest BCUT2D eigenvalue weighted by Crippen LogP contribution is -2.47. The average Bonchev–Trinajstić information content (AvgIpc) is 3.72. The number of hydrogen-bond acceptors (Lipinski definition) is 10. The topological polar surface area (TPSA) is 120 Å². The zero-order chi connectivity index (χ0) is 37.6. The summed E-state index contributed by atoms with van der Waals surface area (Å²) < 4.78 is 62.4. The van der Waals surface area contributed by atoms with Crippen LogP contribution in [-0.2, 0) is 39.7 Å². The standard InChI is InChI=1S/C37H56ClN3O8SSi2/c1-37(2,3)52(8,9)49-31-22-46-33-30(21-45-34(31)33)47-36-39-29-20-28(38)32(40-35(29)41(36)23-44-18-19-51(5,6)7)26-12-10-24(11-13-26)25-14-16-27(17-15-25)48-50(4,42)43/h10-13,20,25,27,30-31,33-34H,14-19,21-23H2,1-9H3. The molecule has 0 radical (unpaired) electrons. The van der Waals surface area contributed by atoms with E-state index in [9.17, 15) is 8.42 Å². The molecule has 4 heterocycles.